The summed E-state index contributed by atoms with van der Waals surface area (Å²) < 4.78 is 4.95. The van der Waals surface area contributed by atoms with Gasteiger partial charge in [0.05, 0.1) is 6.20 Å². The Labute approximate surface area is 99.9 Å². The van der Waals surface area contributed by atoms with E-state index in [0.29, 0.717) is 5.00 Å². The van der Waals surface area contributed by atoms with E-state index >= 15 is 0 Å². The molecule has 0 spiro atoms. The van der Waals surface area contributed by atoms with E-state index in [0.717, 1.165) is 11.5 Å². The van der Waals surface area contributed by atoms with Gasteiger partial charge in [-0.3, -0.25) is 4.79 Å². The second-order valence-electron chi connectivity index (χ2n) is 3.16. The zero-order chi connectivity index (χ0) is 12.3. The number of rotatable bonds is 4. The van der Waals surface area contributed by atoms with Gasteiger partial charge in [-0.2, -0.15) is 0 Å². The molecule has 2 rings (SSSR count). The molecule has 2 heterocycles. The zero-order valence-corrected chi connectivity index (χ0v) is 9.35. The smallest absolute Gasteiger partial charge is 0.352 e. The highest BCUT2D eigenvalue weighted by atomic mass is 32.1. The molecule has 0 saturated heterocycles. The van der Waals surface area contributed by atoms with E-state index in [1.807, 2.05) is 0 Å². The van der Waals surface area contributed by atoms with E-state index in [1.54, 1.807) is 6.07 Å². The molecule has 8 heteroatoms. The number of aromatic nitrogens is 3. The number of hydrogen-bond donors (Lipinski definition) is 2. The molecule has 0 bridgehead atoms. The first-order chi connectivity index (χ1) is 8.16. The molecule has 0 aliphatic carbocycles. The van der Waals surface area contributed by atoms with E-state index < -0.39 is 5.97 Å². The van der Waals surface area contributed by atoms with Gasteiger partial charge in [0.2, 0.25) is 5.91 Å². The molecule has 17 heavy (non-hydrogen) atoms. The first-order valence-corrected chi connectivity index (χ1v) is 5.40. The molecule has 0 saturated carbocycles. The highest BCUT2D eigenvalue weighted by Gasteiger charge is 2.12. The second kappa shape index (κ2) is 4.74. The molecule has 2 aromatic rings. The van der Waals surface area contributed by atoms with Crippen molar-refractivity contribution in [3.05, 3.63) is 30.2 Å². The number of hydrogen-bond acceptors (Lipinski definition) is 5. The van der Waals surface area contributed by atoms with Gasteiger partial charge in [-0.15, -0.1) is 5.10 Å². The maximum absolute atomic E-state index is 11.6. The van der Waals surface area contributed by atoms with Crippen LogP contribution in [0.15, 0.2) is 24.5 Å². The number of nitrogens with zero attached hydrogens (tertiary/aromatic N) is 3. The summed E-state index contributed by atoms with van der Waals surface area (Å²) in [6, 6.07) is 3.01. The minimum atomic E-state index is -1.07. The lowest BCUT2D eigenvalue weighted by Gasteiger charge is -2.05. The summed E-state index contributed by atoms with van der Waals surface area (Å²) in [5.41, 5.74) is 0.0718. The number of carbonyl (C=O) groups is 2. The number of anilines is 1. The minimum Gasteiger partial charge on any atom is -0.477 e. The molecule has 1 amide bonds. The fraction of sp³-hybridized carbons (Fsp3) is 0.111. The standard InChI is InChI=1S/C9H8N4O3S/c14-7(11-8-4-10-12-17-8)5-13-3-1-2-6(13)9(15)16/h1-4H,5H2,(H,11,14)(H,15,16). The number of aromatic carboxylic acids is 1. The molecule has 0 radical (unpaired) electrons. The fourth-order valence-electron chi connectivity index (χ4n) is 1.30. The van der Waals surface area contributed by atoms with Crippen molar-refractivity contribution < 1.29 is 14.7 Å². The van der Waals surface area contributed by atoms with Crippen molar-refractivity contribution in [2.45, 2.75) is 6.54 Å². The van der Waals surface area contributed by atoms with Gasteiger partial charge in [-0.1, -0.05) is 4.49 Å². The lowest BCUT2D eigenvalue weighted by molar-refractivity contribution is -0.116. The molecule has 0 fully saturated rings. The van der Waals surface area contributed by atoms with E-state index in [9.17, 15) is 9.59 Å². The van der Waals surface area contributed by atoms with Gasteiger partial charge in [-0.05, 0) is 12.1 Å². The Balaban J connectivity index is 2.03. The fourth-order valence-corrected chi connectivity index (χ4v) is 1.74. The summed E-state index contributed by atoms with van der Waals surface area (Å²) in [7, 11) is 0. The van der Waals surface area contributed by atoms with E-state index in [2.05, 4.69) is 14.9 Å². The van der Waals surface area contributed by atoms with Crippen LogP contribution >= 0.6 is 11.5 Å². The van der Waals surface area contributed by atoms with Crippen molar-refractivity contribution in [2.75, 3.05) is 5.32 Å². The van der Waals surface area contributed by atoms with Crippen LogP contribution in [0.25, 0.3) is 0 Å². The van der Waals surface area contributed by atoms with Crippen LogP contribution < -0.4 is 5.32 Å². The minimum absolute atomic E-state index is 0.0630. The average Bonchev–Trinajstić information content (AvgIpc) is 2.88. The Morgan fingerprint density at radius 3 is 3.00 bits per heavy atom. The van der Waals surface area contributed by atoms with Crippen molar-refractivity contribution in [2.24, 2.45) is 0 Å². The summed E-state index contributed by atoms with van der Waals surface area (Å²) >= 11 is 1.06. The van der Waals surface area contributed by atoms with Gasteiger partial charge < -0.3 is 15.0 Å². The largest absolute Gasteiger partial charge is 0.477 e. The number of carboxylic acids is 1. The molecule has 2 aromatic heterocycles. The second-order valence-corrected chi connectivity index (χ2v) is 3.94. The molecule has 7 nitrogen and oxygen atoms in total. The van der Waals surface area contributed by atoms with E-state index in [4.69, 9.17) is 5.11 Å². The van der Waals surface area contributed by atoms with Crippen LogP contribution in [0.5, 0.6) is 0 Å². The number of carbonyl (C=O) groups excluding carboxylic acids is 1. The number of amides is 1. The Morgan fingerprint density at radius 1 is 1.53 bits per heavy atom. The molecule has 0 unspecified atom stereocenters. The van der Waals surface area contributed by atoms with Crippen LogP contribution in [-0.4, -0.2) is 31.1 Å². The number of nitrogens with one attached hydrogen (secondary N) is 1. The highest BCUT2D eigenvalue weighted by Crippen LogP contribution is 2.09. The van der Waals surface area contributed by atoms with Crippen LogP contribution in [0.1, 0.15) is 10.5 Å². The first-order valence-electron chi connectivity index (χ1n) is 4.62. The maximum Gasteiger partial charge on any atom is 0.352 e. The van der Waals surface area contributed by atoms with Crippen molar-refractivity contribution >= 4 is 28.4 Å². The third kappa shape index (κ3) is 2.67. The van der Waals surface area contributed by atoms with Gasteiger partial charge in [0.25, 0.3) is 0 Å². The highest BCUT2D eigenvalue weighted by molar-refractivity contribution is 7.10. The van der Waals surface area contributed by atoms with Crippen LogP contribution in [0.3, 0.4) is 0 Å². The van der Waals surface area contributed by atoms with Crippen molar-refractivity contribution in [3.8, 4) is 0 Å². The monoisotopic (exact) mass is 252 g/mol. The predicted octanol–water partition coefficient (Wildman–Crippen LogP) is 0.676. The summed E-state index contributed by atoms with van der Waals surface area (Å²) in [4.78, 5) is 22.4. The average molecular weight is 252 g/mol. The predicted molar refractivity (Wildman–Crippen MR) is 59.9 cm³/mol. The third-order valence-electron chi connectivity index (χ3n) is 1.99. The van der Waals surface area contributed by atoms with Crippen molar-refractivity contribution in [1.82, 2.24) is 14.2 Å². The SMILES string of the molecule is O=C(Cn1cccc1C(=O)O)Nc1cnns1. The van der Waals surface area contributed by atoms with Gasteiger partial charge >= 0.3 is 5.97 Å². The van der Waals surface area contributed by atoms with Crippen molar-refractivity contribution in [3.63, 3.8) is 0 Å². The Bertz CT molecular complexity index is 534. The Hall–Kier alpha value is -2.22. The lowest BCUT2D eigenvalue weighted by Crippen LogP contribution is -2.20. The molecule has 0 aliphatic rings. The van der Waals surface area contributed by atoms with Gasteiger partial charge in [0.1, 0.15) is 17.2 Å². The first kappa shape index (κ1) is 11.3. The van der Waals surface area contributed by atoms with E-state index in [-0.39, 0.29) is 18.1 Å². The van der Waals surface area contributed by atoms with E-state index in [1.165, 1.54) is 23.0 Å². The molecule has 0 aliphatic heterocycles. The lowest BCUT2D eigenvalue weighted by atomic mass is 10.4. The molecule has 2 N–H and O–H groups in total. The number of carboxylic acid groups (broad SMARTS) is 1. The summed E-state index contributed by atoms with van der Waals surface area (Å²) in [5.74, 6) is -1.39. The van der Waals surface area contributed by atoms with Crippen molar-refractivity contribution in [1.29, 1.82) is 0 Å². The summed E-state index contributed by atoms with van der Waals surface area (Å²) in [6.45, 7) is -0.0630. The van der Waals surface area contributed by atoms with Gasteiger partial charge in [0.15, 0.2) is 0 Å². The molecule has 0 atom stereocenters. The van der Waals surface area contributed by atoms with Crippen LogP contribution in [0, 0.1) is 0 Å². The maximum atomic E-state index is 11.6. The topological polar surface area (TPSA) is 97.1 Å². The van der Waals surface area contributed by atoms with Gasteiger partial charge in [-0.25, -0.2) is 4.79 Å². The quantitative estimate of drug-likeness (QED) is 0.833. The summed E-state index contributed by atoms with van der Waals surface area (Å²) in [5, 5.41) is 15.5. The Kier molecular flexibility index (Phi) is 3.15. The zero-order valence-electron chi connectivity index (χ0n) is 8.53. The van der Waals surface area contributed by atoms with Crippen LogP contribution in [-0.2, 0) is 11.3 Å². The van der Waals surface area contributed by atoms with Crippen LogP contribution in [0.2, 0.25) is 0 Å². The molecular formula is C9H8N4O3S. The normalized spacial score (nSPS) is 10.1. The summed E-state index contributed by atoms with van der Waals surface area (Å²) in [6.07, 6.45) is 2.96. The molecule has 0 aromatic carbocycles. The third-order valence-corrected chi connectivity index (χ3v) is 2.57. The Morgan fingerprint density at radius 2 is 2.35 bits per heavy atom. The molecule has 88 valence electrons. The van der Waals surface area contributed by atoms with Gasteiger partial charge in [0, 0.05) is 17.7 Å². The van der Waals surface area contributed by atoms with Crippen LogP contribution in [0.4, 0.5) is 5.00 Å². The molecular weight excluding hydrogens is 244 g/mol.